The first-order chi connectivity index (χ1) is 16.1. The van der Waals surface area contributed by atoms with E-state index in [0.717, 1.165) is 47.3 Å². The Morgan fingerprint density at radius 1 is 1.18 bits per heavy atom. The van der Waals surface area contributed by atoms with Crippen LogP contribution in [0.15, 0.2) is 67.0 Å². The number of carbonyl (C=O) groups is 1. The number of pyridine rings is 1. The molecule has 1 N–H and O–H groups in total. The first-order valence-electron chi connectivity index (χ1n) is 11.9. The van der Waals surface area contributed by atoms with E-state index in [1.54, 1.807) is 0 Å². The quantitative estimate of drug-likeness (QED) is 0.564. The van der Waals surface area contributed by atoms with E-state index in [4.69, 9.17) is 4.74 Å². The minimum atomic E-state index is -0.0670. The molecule has 5 nitrogen and oxygen atoms in total. The molecule has 0 radical (unpaired) electrons. The minimum absolute atomic E-state index is 0.0670. The second kappa shape index (κ2) is 9.26. The molecule has 1 amide bonds. The number of nitrogens with one attached hydrogen (secondary N) is 1. The van der Waals surface area contributed by atoms with Gasteiger partial charge >= 0.3 is 0 Å². The lowest BCUT2D eigenvalue weighted by Gasteiger charge is -2.31. The van der Waals surface area contributed by atoms with Crippen LogP contribution >= 0.6 is 0 Å². The largest absolute Gasteiger partial charge is 0.490 e. The van der Waals surface area contributed by atoms with Crippen molar-refractivity contribution in [2.75, 3.05) is 13.1 Å². The van der Waals surface area contributed by atoms with E-state index in [2.05, 4.69) is 58.2 Å². The molecule has 2 aliphatic rings. The van der Waals surface area contributed by atoms with Crippen LogP contribution in [0.3, 0.4) is 0 Å². The summed E-state index contributed by atoms with van der Waals surface area (Å²) in [5.41, 5.74) is 5.67. The van der Waals surface area contributed by atoms with Crippen LogP contribution in [0, 0.1) is 5.92 Å². The summed E-state index contributed by atoms with van der Waals surface area (Å²) in [4.78, 5) is 18.6. The molecular weight excluding hydrogens is 410 g/mol. The third-order valence-corrected chi connectivity index (χ3v) is 6.92. The maximum Gasteiger partial charge on any atom is 0.220 e. The van der Waals surface area contributed by atoms with E-state index in [0.29, 0.717) is 13.0 Å². The van der Waals surface area contributed by atoms with Gasteiger partial charge in [0.25, 0.3) is 0 Å². The van der Waals surface area contributed by atoms with E-state index in [9.17, 15) is 4.79 Å². The van der Waals surface area contributed by atoms with Crippen molar-refractivity contribution < 1.29 is 9.53 Å². The molecule has 2 aromatic carbocycles. The lowest BCUT2D eigenvalue weighted by atomic mass is 10.00. The first-order valence-corrected chi connectivity index (χ1v) is 11.9. The van der Waals surface area contributed by atoms with Crippen LogP contribution in [0.2, 0.25) is 0 Å². The van der Waals surface area contributed by atoms with Crippen molar-refractivity contribution in [1.82, 2.24) is 15.2 Å². The highest BCUT2D eigenvalue weighted by molar-refractivity contribution is 5.90. The Balaban J connectivity index is 1.39. The van der Waals surface area contributed by atoms with Gasteiger partial charge in [0.2, 0.25) is 5.91 Å². The summed E-state index contributed by atoms with van der Waals surface area (Å²) in [5, 5.41) is 3.90. The third-order valence-electron chi connectivity index (χ3n) is 6.92. The maximum absolute atomic E-state index is 11.6. The van der Waals surface area contributed by atoms with Gasteiger partial charge in [-0.2, -0.15) is 0 Å². The zero-order chi connectivity index (χ0) is 22.8. The van der Waals surface area contributed by atoms with Crippen LogP contribution in [0.25, 0.3) is 22.0 Å². The van der Waals surface area contributed by atoms with E-state index >= 15 is 0 Å². The number of carbonyl (C=O) groups excluding carboxylic acids is 1. The Labute approximate surface area is 195 Å². The van der Waals surface area contributed by atoms with Crippen molar-refractivity contribution in [3.8, 4) is 16.9 Å². The number of benzene rings is 2. The van der Waals surface area contributed by atoms with E-state index < -0.39 is 0 Å². The topological polar surface area (TPSA) is 54.5 Å². The molecule has 5 heteroatoms. The van der Waals surface area contributed by atoms with Gasteiger partial charge in [-0.05, 0) is 67.1 Å². The molecule has 170 valence electrons. The Kier molecular flexibility index (Phi) is 6.03. The normalized spacial score (nSPS) is 19.5. The average molecular weight is 442 g/mol. The molecule has 2 aliphatic heterocycles. The highest BCUT2D eigenvalue weighted by Crippen LogP contribution is 2.34. The van der Waals surface area contributed by atoms with Crippen LogP contribution in [0.1, 0.15) is 38.2 Å². The number of nitrogens with zero attached hydrogens (tertiary/aromatic N) is 2. The first kappa shape index (κ1) is 21.5. The van der Waals surface area contributed by atoms with E-state index in [-0.39, 0.29) is 17.9 Å². The number of ether oxygens (including phenoxy) is 1. The second-order valence-electron chi connectivity index (χ2n) is 9.28. The molecule has 5 rings (SSSR count). The fourth-order valence-corrected chi connectivity index (χ4v) is 4.83. The van der Waals surface area contributed by atoms with Crippen molar-refractivity contribution in [2.24, 2.45) is 5.92 Å². The predicted octanol–water partition coefficient (Wildman–Crippen LogP) is 5.30. The number of aromatic nitrogens is 1. The minimum Gasteiger partial charge on any atom is -0.490 e. The monoisotopic (exact) mass is 441 g/mol. The van der Waals surface area contributed by atoms with Crippen LogP contribution in [0.5, 0.6) is 5.75 Å². The molecule has 3 aromatic rings. The summed E-state index contributed by atoms with van der Waals surface area (Å²) in [5.74, 6) is 1.09. The molecule has 0 aliphatic carbocycles. The molecule has 0 spiro atoms. The van der Waals surface area contributed by atoms with Gasteiger partial charge in [-0.25, -0.2) is 0 Å². The maximum atomic E-state index is 11.6. The molecular formula is C28H31N3O2. The average Bonchev–Trinajstić information content (AvgIpc) is 3.27. The van der Waals surface area contributed by atoms with Gasteiger partial charge in [0, 0.05) is 49.3 Å². The second-order valence-corrected chi connectivity index (χ2v) is 9.28. The molecule has 0 unspecified atom stereocenters. The van der Waals surface area contributed by atoms with Crippen LogP contribution in [-0.4, -0.2) is 35.0 Å². The summed E-state index contributed by atoms with van der Waals surface area (Å²) in [7, 11) is 0. The van der Waals surface area contributed by atoms with Gasteiger partial charge in [0.1, 0.15) is 11.9 Å². The van der Waals surface area contributed by atoms with E-state index in [1.807, 2.05) is 25.3 Å². The number of rotatable bonds is 6. The number of likely N-dealkylation sites (tertiary alicyclic amines) is 1. The fourth-order valence-electron chi connectivity index (χ4n) is 4.83. The highest BCUT2D eigenvalue weighted by atomic mass is 16.5. The summed E-state index contributed by atoms with van der Waals surface area (Å²) in [6.07, 6.45) is 5.86. The van der Waals surface area contributed by atoms with Crippen molar-refractivity contribution in [3.63, 3.8) is 0 Å². The molecule has 33 heavy (non-hydrogen) atoms. The zero-order valence-corrected chi connectivity index (χ0v) is 19.2. The van der Waals surface area contributed by atoms with Crippen molar-refractivity contribution in [3.05, 3.63) is 72.6 Å². The number of piperidine rings is 1. The SMILES string of the molecule is C=C1CCCCN1Cc1ccc(-c2cc(O[C@H](C)[C@H]3CNC(=O)C3)c3cccnc3c2)cc1. The van der Waals surface area contributed by atoms with Gasteiger partial charge in [0.05, 0.1) is 5.52 Å². The third kappa shape index (κ3) is 4.72. The molecule has 2 saturated heterocycles. The highest BCUT2D eigenvalue weighted by Gasteiger charge is 2.28. The lowest BCUT2D eigenvalue weighted by Crippen LogP contribution is -2.26. The van der Waals surface area contributed by atoms with Crippen LogP contribution in [-0.2, 0) is 11.3 Å². The van der Waals surface area contributed by atoms with E-state index in [1.165, 1.54) is 24.1 Å². The smallest absolute Gasteiger partial charge is 0.220 e. The number of amides is 1. The van der Waals surface area contributed by atoms with Crippen molar-refractivity contribution in [1.29, 1.82) is 0 Å². The van der Waals surface area contributed by atoms with Gasteiger partial charge < -0.3 is 15.0 Å². The Morgan fingerprint density at radius 3 is 2.79 bits per heavy atom. The summed E-state index contributed by atoms with van der Waals surface area (Å²) >= 11 is 0. The number of hydrogen-bond acceptors (Lipinski definition) is 4. The number of fused-ring (bicyclic) bond motifs is 1. The molecule has 0 saturated carbocycles. The summed E-state index contributed by atoms with van der Waals surface area (Å²) in [6.45, 7) is 8.96. The summed E-state index contributed by atoms with van der Waals surface area (Å²) < 4.78 is 6.41. The van der Waals surface area contributed by atoms with Crippen LogP contribution in [0.4, 0.5) is 0 Å². The van der Waals surface area contributed by atoms with Crippen molar-refractivity contribution >= 4 is 16.8 Å². The predicted molar refractivity (Wildman–Crippen MR) is 132 cm³/mol. The van der Waals surface area contributed by atoms with Gasteiger partial charge in [0.15, 0.2) is 0 Å². The number of hydrogen-bond donors (Lipinski definition) is 1. The van der Waals surface area contributed by atoms with Gasteiger partial charge in [-0.15, -0.1) is 0 Å². The number of allylic oxidation sites excluding steroid dienone is 1. The lowest BCUT2D eigenvalue weighted by molar-refractivity contribution is -0.119. The van der Waals surface area contributed by atoms with Gasteiger partial charge in [-0.1, -0.05) is 30.8 Å². The molecule has 2 atom stereocenters. The Bertz CT molecular complexity index is 1170. The fraction of sp³-hybridized carbons (Fsp3) is 0.357. The zero-order valence-electron chi connectivity index (χ0n) is 19.2. The molecule has 2 fully saturated rings. The van der Waals surface area contributed by atoms with Crippen molar-refractivity contribution in [2.45, 2.75) is 45.3 Å². The molecule has 3 heterocycles. The standard InChI is InChI=1S/C28H31N3O2/c1-19-6-3-4-13-31(19)18-21-8-10-22(11-9-21)23-14-26-25(7-5-12-29-26)27(15-23)33-20(2)24-16-28(32)30-17-24/h5,7-12,14-15,20,24H,1,3-4,6,13,16-18H2,2H3,(H,30,32)/t20-,24-/m1/s1. The van der Waals surface area contributed by atoms with Crippen LogP contribution < -0.4 is 10.1 Å². The summed E-state index contributed by atoms with van der Waals surface area (Å²) in [6, 6.07) is 17.0. The Morgan fingerprint density at radius 2 is 2.03 bits per heavy atom. The molecule has 1 aromatic heterocycles. The Hall–Kier alpha value is -3.34. The molecule has 0 bridgehead atoms. The van der Waals surface area contributed by atoms with Gasteiger partial charge in [-0.3, -0.25) is 9.78 Å².